The van der Waals surface area contributed by atoms with E-state index in [9.17, 15) is 17.6 Å². The third kappa shape index (κ3) is 4.20. The van der Waals surface area contributed by atoms with Gasteiger partial charge in [-0.05, 0) is 37.0 Å². The summed E-state index contributed by atoms with van der Waals surface area (Å²) in [6.07, 6.45) is 1.67. The first kappa shape index (κ1) is 18.9. The van der Waals surface area contributed by atoms with Gasteiger partial charge in [0.15, 0.2) is 15.0 Å². The Bertz CT molecular complexity index is 851. The summed E-state index contributed by atoms with van der Waals surface area (Å²) < 4.78 is 42.6. The molecule has 0 spiro atoms. The van der Waals surface area contributed by atoms with Crippen LogP contribution in [0.3, 0.4) is 0 Å². The van der Waals surface area contributed by atoms with Crippen LogP contribution in [0.2, 0.25) is 0 Å². The third-order valence-corrected chi connectivity index (χ3v) is 8.39. The van der Waals surface area contributed by atoms with Crippen LogP contribution in [0.1, 0.15) is 18.4 Å². The predicted molar refractivity (Wildman–Crippen MR) is 102 cm³/mol. The predicted octanol–water partition coefficient (Wildman–Crippen LogP) is 1.64. The Kier molecular flexibility index (Phi) is 5.26. The Morgan fingerprint density at radius 2 is 2.07 bits per heavy atom. The van der Waals surface area contributed by atoms with Crippen LogP contribution >= 0.6 is 11.8 Å². The highest BCUT2D eigenvalue weighted by Gasteiger charge is 2.48. The number of benzene rings is 1. The largest absolute Gasteiger partial charge is 0.368 e. The molecule has 0 aliphatic carbocycles. The molecule has 0 unspecified atom stereocenters. The molecule has 1 aromatic rings. The Hall–Kier alpha value is -1.45. The van der Waals surface area contributed by atoms with Crippen LogP contribution in [0.25, 0.3) is 0 Å². The summed E-state index contributed by atoms with van der Waals surface area (Å²) in [5.41, 5.74) is 0.954. The highest BCUT2D eigenvalue weighted by Crippen LogP contribution is 2.38. The molecule has 3 heterocycles. The summed E-state index contributed by atoms with van der Waals surface area (Å²) in [7, 11) is -3.07. The lowest BCUT2D eigenvalue weighted by atomic mass is 10.1. The fraction of sp³-hybridized carbons (Fsp3) is 0.556. The number of rotatable bonds is 4. The molecule has 3 fully saturated rings. The zero-order chi connectivity index (χ0) is 19.0. The van der Waals surface area contributed by atoms with E-state index in [4.69, 9.17) is 4.74 Å². The van der Waals surface area contributed by atoms with Crippen molar-refractivity contribution >= 4 is 32.7 Å². The van der Waals surface area contributed by atoms with Crippen molar-refractivity contribution in [2.24, 2.45) is 4.99 Å². The van der Waals surface area contributed by atoms with E-state index >= 15 is 0 Å². The second-order valence-electron chi connectivity index (χ2n) is 7.10. The number of amides is 1. The summed E-state index contributed by atoms with van der Waals surface area (Å²) in [5.74, 6) is -0.379. The van der Waals surface area contributed by atoms with Crippen molar-refractivity contribution in [1.82, 2.24) is 4.90 Å². The maximum Gasteiger partial charge on any atom is 0.277 e. The Morgan fingerprint density at radius 3 is 2.78 bits per heavy atom. The SMILES string of the molecule is O=C(N=C1S[C@H]2CS(=O)(=O)C[C@@H]2N1CCc1ccc(F)cc1)[C@@H]1CCCO1. The van der Waals surface area contributed by atoms with Gasteiger partial charge in [0.2, 0.25) is 0 Å². The zero-order valence-electron chi connectivity index (χ0n) is 14.7. The van der Waals surface area contributed by atoms with E-state index in [2.05, 4.69) is 4.99 Å². The van der Waals surface area contributed by atoms with Crippen molar-refractivity contribution in [3.63, 3.8) is 0 Å². The molecule has 3 aliphatic heterocycles. The van der Waals surface area contributed by atoms with Crippen LogP contribution in [-0.2, 0) is 25.8 Å². The molecular formula is C18H21FN2O4S2. The van der Waals surface area contributed by atoms with Crippen LogP contribution in [0.5, 0.6) is 0 Å². The van der Waals surface area contributed by atoms with Crippen molar-refractivity contribution < 1.29 is 22.3 Å². The highest BCUT2D eigenvalue weighted by atomic mass is 32.2. The van der Waals surface area contributed by atoms with E-state index in [1.165, 1.54) is 23.9 Å². The molecule has 4 rings (SSSR count). The topological polar surface area (TPSA) is 76.0 Å². The number of hydrogen-bond donors (Lipinski definition) is 0. The summed E-state index contributed by atoms with van der Waals surface area (Å²) >= 11 is 1.38. The molecule has 3 aliphatic rings. The molecule has 0 aromatic heterocycles. The van der Waals surface area contributed by atoms with Gasteiger partial charge in [0.25, 0.3) is 5.91 Å². The van der Waals surface area contributed by atoms with Gasteiger partial charge in [-0.25, -0.2) is 12.8 Å². The molecule has 1 aromatic carbocycles. The van der Waals surface area contributed by atoms with Crippen molar-refractivity contribution in [2.45, 2.75) is 36.7 Å². The van der Waals surface area contributed by atoms with Crippen LogP contribution in [0.15, 0.2) is 29.3 Å². The minimum Gasteiger partial charge on any atom is -0.368 e. The quantitative estimate of drug-likeness (QED) is 0.749. The maximum absolute atomic E-state index is 13.1. The molecule has 146 valence electrons. The molecule has 0 bridgehead atoms. The zero-order valence-corrected chi connectivity index (χ0v) is 16.3. The smallest absolute Gasteiger partial charge is 0.277 e. The molecule has 0 saturated carbocycles. The maximum atomic E-state index is 13.1. The van der Waals surface area contributed by atoms with Crippen molar-refractivity contribution in [1.29, 1.82) is 0 Å². The van der Waals surface area contributed by atoms with Crippen LogP contribution < -0.4 is 0 Å². The number of sulfone groups is 1. The molecule has 3 saturated heterocycles. The number of carbonyl (C=O) groups excluding carboxylic acids is 1. The minimum atomic E-state index is -3.07. The molecule has 1 amide bonds. The number of nitrogens with zero attached hydrogens (tertiary/aromatic N) is 2. The van der Waals surface area contributed by atoms with Gasteiger partial charge < -0.3 is 9.64 Å². The third-order valence-electron chi connectivity index (χ3n) is 5.14. The van der Waals surface area contributed by atoms with Gasteiger partial charge in [0, 0.05) is 18.4 Å². The Labute approximate surface area is 162 Å². The van der Waals surface area contributed by atoms with Crippen molar-refractivity contribution in [2.75, 3.05) is 24.7 Å². The fourth-order valence-corrected chi connectivity index (χ4v) is 7.72. The summed E-state index contributed by atoms with van der Waals surface area (Å²) in [6.45, 7) is 1.11. The Morgan fingerprint density at radius 1 is 1.30 bits per heavy atom. The first-order chi connectivity index (χ1) is 12.9. The van der Waals surface area contributed by atoms with E-state index in [0.717, 1.165) is 12.0 Å². The number of hydrogen-bond acceptors (Lipinski definition) is 5. The molecule has 3 atom stereocenters. The number of carbonyl (C=O) groups is 1. The number of ether oxygens (including phenoxy) is 1. The van der Waals surface area contributed by atoms with Gasteiger partial charge in [0.1, 0.15) is 11.9 Å². The lowest BCUT2D eigenvalue weighted by Crippen LogP contribution is -2.39. The number of halogens is 1. The van der Waals surface area contributed by atoms with E-state index in [1.54, 1.807) is 12.1 Å². The van der Waals surface area contributed by atoms with Gasteiger partial charge in [-0.2, -0.15) is 4.99 Å². The number of amidine groups is 1. The second kappa shape index (κ2) is 7.52. The molecular weight excluding hydrogens is 391 g/mol. The molecule has 6 nitrogen and oxygen atoms in total. The van der Waals surface area contributed by atoms with E-state index < -0.39 is 15.9 Å². The van der Waals surface area contributed by atoms with Gasteiger partial charge in [-0.15, -0.1) is 0 Å². The molecule has 27 heavy (non-hydrogen) atoms. The average Bonchev–Trinajstić information content (AvgIpc) is 3.30. The summed E-state index contributed by atoms with van der Waals surface area (Å²) in [5, 5.41) is 0.488. The highest BCUT2D eigenvalue weighted by molar-refractivity contribution is 8.15. The number of fused-ring (bicyclic) bond motifs is 1. The lowest BCUT2D eigenvalue weighted by molar-refractivity contribution is -0.126. The summed E-state index contributed by atoms with van der Waals surface area (Å²) in [4.78, 5) is 18.6. The summed E-state index contributed by atoms with van der Waals surface area (Å²) in [6, 6.07) is 6.09. The Balaban J connectivity index is 1.52. The van der Waals surface area contributed by atoms with Crippen LogP contribution in [0, 0.1) is 5.82 Å². The number of aliphatic imine (C=N–C) groups is 1. The fourth-order valence-electron chi connectivity index (χ4n) is 3.74. The van der Waals surface area contributed by atoms with Crippen molar-refractivity contribution in [3.8, 4) is 0 Å². The first-order valence-electron chi connectivity index (χ1n) is 9.03. The van der Waals surface area contributed by atoms with Gasteiger partial charge in [-0.3, -0.25) is 4.79 Å². The van der Waals surface area contributed by atoms with Crippen LogP contribution in [0.4, 0.5) is 4.39 Å². The van der Waals surface area contributed by atoms with Crippen molar-refractivity contribution in [3.05, 3.63) is 35.6 Å². The lowest BCUT2D eigenvalue weighted by Gasteiger charge is -2.24. The van der Waals surface area contributed by atoms with Crippen LogP contribution in [-0.4, -0.2) is 66.4 Å². The average molecular weight is 413 g/mol. The second-order valence-corrected chi connectivity index (χ2v) is 10.5. The van der Waals surface area contributed by atoms with Gasteiger partial charge in [0.05, 0.1) is 17.5 Å². The normalized spacial score (nSPS) is 30.8. The first-order valence-corrected chi connectivity index (χ1v) is 11.7. The van der Waals surface area contributed by atoms with Gasteiger partial charge >= 0.3 is 0 Å². The minimum absolute atomic E-state index is 0.0845. The molecule has 0 radical (unpaired) electrons. The molecule has 9 heteroatoms. The van der Waals surface area contributed by atoms with E-state index in [-0.39, 0.29) is 34.5 Å². The monoisotopic (exact) mass is 412 g/mol. The van der Waals surface area contributed by atoms with E-state index in [1.807, 2.05) is 4.90 Å². The van der Waals surface area contributed by atoms with E-state index in [0.29, 0.717) is 31.2 Å². The molecule has 0 N–H and O–H groups in total. The number of thioether (sulfide) groups is 1. The van der Waals surface area contributed by atoms with Gasteiger partial charge in [-0.1, -0.05) is 23.9 Å². The standard InChI is InChI=1S/C18H21FN2O4S2/c19-13-5-3-12(4-6-13)7-8-21-14-10-27(23,24)11-16(14)26-18(21)20-17(22)15-2-1-9-25-15/h3-6,14-16H,1-2,7-11H2/t14-,15-,16-/m0/s1.